The summed E-state index contributed by atoms with van der Waals surface area (Å²) < 4.78 is 0. The van der Waals surface area contributed by atoms with Crippen molar-refractivity contribution in [1.29, 1.82) is 0 Å². The predicted octanol–water partition coefficient (Wildman–Crippen LogP) is 3.36. The largest absolute Gasteiger partial charge is 0.389 e. The van der Waals surface area contributed by atoms with Crippen LogP contribution < -0.4 is 0 Å². The Labute approximate surface area is 87.9 Å². The fourth-order valence-electron chi connectivity index (χ4n) is 3.25. The van der Waals surface area contributed by atoms with E-state index in [9.17, 15) is 5.11 Å². The lowest BCUT2D eigenvalue weighted by molar-refractivity contribution is -0.0592. The topological polar surface area (TPSA) is 20.2 Å². The van der Waals surface area contributed by atoms with Gasteiger partial charge in [-0.2, -0.15) is 0 Å². The lowest BCUT2D eigenvalue weighted by Crippen LogP contribution is -2.41. The molecular formula is C13H24O. The van der Waals surface area contributed by atoms with Crippen molar-refractivity contribution in [2.75, 3.05) is 0 Å². The van der Waals surface area contributed by atoms with Crippen molar-refractivity contribution in [1.82, 2.24) is 0 Å². The molecule has 0 radical (unpaired) electrons. The zero-order chi connectivity index (χ0) is 10.2. The van der Waals surface area contributed by atoms with E-state index in [1.807, 2.05) is 0 Å². The van der Waals surface area contributed by atoms with Crippen LogP contribution in [0, 0.1) is 17.8 Å². The van der Waals surface area contributed by atoms with Gasteiger partial charge in [-0.25, -0.2) is 0 Å². The Morgan fingerprint density at radius 3 is 1.79 bits per heavy atom. The van der Waals surface area contributed by atoms with Gasteiger partial charge in [-0.05, 0) is 49.9 Å². The average molecular weight is 196 g/mol. The molecule has 2 fully saturated rings. The quantitative estimate of drug-likeness (QED) is 0.734. The third-order valence-electron chi connectivity index (χ3n) is 4.57. The van der Waals surface area contributed by atoms with Crippen LogP contribution in [0.3, 0.4) is 0 Å². The van der Waals surface area contributed by atoms with Gasteiger partial charge in [0.25, 0.3) is 0 Å². The highest BCUT2D eigenvalue weighted by Crippen LogP contribution is 2.49. The summed E-state index contributed by atoms with van der Waals surface area (Å²) in [5, 5.41) is 10.7. The lowest BCUT2D eigenvalue weighted by Gasteiger charge is -2.39. The van der Waals surface area contributed by atoms with Crippen LogP contribution >= 0.6 is 0 Å². The molecule has 1 atom stereocenters. The maximum atomic E-state index is 10.7. The Balaban J connectivity index is 1.97. The van der Waals surface area contributed by atoms with Crippen LogP contribution in [0.15, 0.2) is 0 Å². The third-order valence-corrected chi connectivity index (χ3v) is 4.57. The first-order valence-electron chi connectivity index (χ1n) is 6.39. The van der Waals surface area contributed by atoms with Gasteiger partial charge in [-0.1, -0.05) is 26.7 Å². The highest BCUT2D eigenvalue weighted by molar-refractivity contribution is 4.99. The first-order chi connectivity index (χ1) is 6.66. The van der Waals surface area contributed by atoms with Gasteiger partial charge in [0.15, 0.2) is 0 Å². The van der Waals surface area contributed by atoms with Crippen LogP contribution in [-0.4, -0.2) is 10.7 Å². The van der Waals surface area contributed by atoms with Crippen molar-refractivity contribution in [3.05, 3.63) is 0 Å². The van der Waals surface area contributed by atoms with E-state index in [-0.39, 0.29) is 5.60 Å². The van der Waals surface area contributed by atoms with E-state index in [2.05, 4.69) is 13.8 Å². The molecule has 0 amide bonds. The molecule has 1 unspecified atom stereocenters. The van der Waals surface area contributed by atoms with E-state index in [1.54, 1.807) is 0 Å². The van der Waals surface area contributed by atoms with Crippen LogP contribution in [0.4, 0.5) is 0 Å². The molecule has 82 valence electrons. The fourth-order valence-corrected chi connectivity index (χ4v) is 3.25. The number of hydrogen-bond donors (Lipinski definition) is 1. The molecule has 0 aromatic rings. The Hall–Kier alpha value is -0.0400. The van der Waals surface area contributed by atoms with Gasteiger partial charge in [-0.15, -0.1) is 0 Å². The van der Waals surface area contributed by atoms with Gasteiger partial charge in [0.05, 0.1) is 5.60 Å². The summed E-state index contributed by atoms with van der Waals surface area (Å²) in [6.45, 7) is 4.51. The van der Waals surface area contributed by atoms with Crippen LogP contribution in [0.1, 0.15) is 58.8 Å². The van der Waals surface area contributed by atoms with Crippen molar-refractivity contribution in [2.45, 2.75) is 64.4 Å². The smallest absolute Gasteiger partial charge is 0.0701 e. The van der Waals surface area contributed by atoms with Gasteiger partial charge in [0.2, 0.25) is 0 Å². The summed E-state index contributed by atoms with van der Waals surface area (Å²) in [5.74, 6) is 2.15. The molecule has 0 aromatic heterocycles. The summed E-state index contributed by atoms with van der Waals surface area (Å²) >= 11 is 0. The zero-order valence-corrected chi connectivity index (χ0v) is 9.63. The normalized spacial score (nSPS) is 37.9. The molecule has 0 spiro atoms. The minimum Gasteiger partial charge on any atom is -0.389 e. The summed E-state index contributed by atoms with van der Waals surface area (Å²) in [7, 11) is 0. The first kappa shape index (κ1) is 10.5. The second-order valence-corrected chi connectivity index (χ2v) is 5.58. The van der Waals surface area contributed by atoms with E-state index < -0.39 is 0 Å². The van der Waals surface area contributed by atoms with E-state index in [0.29, 0.717) is 11.8 Å². The van der Waals surface area contributed by atoms with Crippen LogP contribution in [0.5, 0.6) is 0 Å². The van der Waals surface area contributed by atoms with Gasteiger partial charge in [0, 0.05) is 0 Å². The highest BCUT2D eigenvalue weighted by Gasteiger charge is 2.47. The van der Waals surface area contributed by atoms with Crippen LogP contribution in [-0.2, 0) is 0 Å². The van der Waals surface area contributed by atoms with Gasteiger partial charge < -0.3 is 5.11 Å². The van der Waals surface area contributed by atoms with Crippen molar-refractivity contribution in [2.24, 2.45) is 17.8 Å². The monoisotopic (exact) mass is 196 g/mol. The molecule has 1 N–H and O–H groups in total. The molecule has 14 heavy (non-hydrogen) atoms. The van der Waals surface area contributed by atoms with Gasteiger partial charge in [-0.3, -0.25) is 0 Å². The molecule has 2 saturated carbocycles. The summed E-state index contributed by atoms with van der Waals surface area (Å²) in [6, 6.07) is 0. The number of rotatable bonds is 3. The molecule has 0 heterocycles. The van der Waals surface area contributed by atoms with Crippen molar-refractivity contribution < 1.29 is 5.11 Å². The SMILES string of the molecule is CCC(O)(C1CCC(C)CC1)C1CC1. The third kappa shape index (κ3) is 1.84. The minimum absolute atomic E-state index is 0.292. The van der Waals surface area contributed by atoms with Gasteiger partial charge in [0.1, 0.15) is 0 Å². The van der Waals surface area contributed by atoms with Crippen LogP contribution in [0.25, 0.3) is 0 Å². The Bertz CT molecular complexity index is 189. The molecule has 0 saturated heterocycles. The van der Waals surface area contributed by atoms with Crippen molar-refractivity contribution >= 4 is 0 Å². The fraction of sp³-hybridized carbons (Fsp3) is 1.00. The van der Waals surface area contributed by atoms with E-state index in [4.69, 9.17) is 0 Å². The second-order valence-electron chi connectivity index (χ2n) is 5.58. The van der Waals surface area contributed by atoms with Gasteiger partial charge >= 0.3 is 0 Å². The maximum Gasteiger partial charge on any atom is 0.0701 e. The van der Waals surface area contributed by atoms with E-state index >= 15 is 0 Å². The lowest BCUT2D eigenvalue weighted by atomic mass is 9.71. The highest BCUT2D eigenvalue weighted by atomic mass is 16.3. The molecule has 0 aliphatic heterocycles. The summed E-state index contributed by atoms with van der Waals surface area (Å²) in [4.78, 5) is 0. The minimum atomic E-state index is -0.292. The second kappa shape index (κ2) is 3.84. The van der Waals surface area contributed by atoms with Crippen LogP contribution in [0.2, 0.25) is 0 Å². The molecule has 2 rings (SSSR count). The zero-order valence-electron chi connectivity index (χ0n) is 9.63. The number of aliphatic hydroxyl groups is 1. The molecule has 2 aliphatic rings. The summed E-state index contributed by atoms with van der Waals surface area (Å²) in [6.07, 6.45) is 8.72. The maximum absolute atomic E-state index is 10.7. The Morgan fingerprint density at radius 2 is 1.43 bits per heavy atom. The molecule has 1 nitrogen and oxygen atoms in total. The number of hydrogen-bond acceptors (Lipinski definition) is 1. The molecule has 0 bridgehead atoms. The first-order valence-corrected chi connectivity index (χ1v) is 6.39. The predicted molar refractivity (Wildman–Crippen MR) is 59.1 cm³/mol. The molecular weight excluding hydrogens is 172 g/mol. The summed E-state index contributed by atoms with van der Waals surface area (Å²) in [5.41, 5.74) is -0.292. The van der Waals surface area contributed by atoms with Crippen molar-refractivity contribution in [3.8, 4) is 0 Å². The van der Waals surface area contributed by atoms with E-state index in [0.717, 1.165) is 12.3 Å². The molecule has 0 aromatic carbocycles. The molecule has 2 aliphatic carbocycles. The molecule has 1 heteroatoms. The van der Waals surface area contributed by atoms with Crippen molar-refractivity contribution in [3.63, 3.8) is 0 Å². The van der Waals surface area contributed by atoms with E-state index in [1.165, 1.54) is 38.5 Å². The average Bonchev–Trinajstić information content (AvgIpc) is 3.01. The Morgan fingerprint density at radius 1 is 1.00 bits per heavy atom. The standard InChI is InChI=1S/C13H24O/c1-3-13(14,12-8-9-12)11-6-4-10(2)5-7-11/h10-12,14H,3-9H2,1-2H3. The Kier molecular flexibility index (Phi) is 2.88.